The highest BCUT2D eigenvalue weighted by atomic mass is 32.2. The van der Waals surface area contributed by atoms with E-state index in [0.717, 1.165) is 12.4 Å². The van der Waals surface area contributed by atoms with Crippen LogP contribution >= 0.6 is 0 Å². The van der Waals surface area contributed by atoms with E-state index < -0.39 is 10.0 Å². The van der Waals surface area contributed by atoms with E-state index in [1.807, 2.05) is 4.57 Å². The van der Waals surface area contributed by atoms with E-state index in [0.29, 0.717) is 32.1 Å². The molecule has 0 saturated heterocycles. The Hall–Kier alpha value is -0.990. The van der Waals surface area contributed by atoms with Crippen LogP contribution in [-0.2, 0) is 23.1 Å². The van der Waals surface area contributed by atoms with Crippen LogP contribution in [-0.4, -0.2) is 52.4 Å². The molecule has 0 atom stereocenters. The molecule has 3 rings (SSSR count). The van der Waals surface area contributed by atoms with Gasteiger partial charge in [-0.05, 0) is 25.8 Å². The smallest absolute Gasteiger partial charge is 0.214 e. The fraction of sp³-hybridized carbons (Fsp3) is 0.818. The van der Waals surface area contributed by atoms with Crippen LogP contribution in [0.2, 0.25) is 0 Å². The summed E-state index contributed by atoms with van der Waals surface area (Å²) in [5, 5.41) is 11.1. The molecule has 0 unspecified atom stereocenters. The molecule has 7 nitrogen and oxygen atoms in total. The number of sulfonamides is 1. The van der Waals surface area contributed by atoms with E-state index in [9.17, 15) is 8.42 Å². The Morgan fingerprint density at radius 3 is 3.00 bits per heavy atom. The third-order valence-electron chi connectivity index (χ3n) is 3.59. The number of fused-ring (bicyclic) bond motifs is 1. The van der Waals surface area contributed by atoms with Crippen molar-refractivity contribution >= 4 is 10.0 Å². The van der Waals surface area contributed by atoms with Gasteiger partial charge in [0.2, 0.25) is 10.0 Å². The van der Waals surface area contributed by atoms with E-state index in [-0.39, 0.29) is 5.75 Å². The molecular weight excluding hydrogens is 266 g/mol. The van der Waals surface area contributed by atoms with Crippen LogP contribution < -0.4 is 5.32 Å². The first kappa shape index (κ1) is 13.0. The second kappa shape index (κ2) is 5.18. The lowest BCUT2D eigenvalue weighted by Gasteiger charge is -2.26. The number of aromatic nitrogens is 3. The normalized spacial score (nSPS) is 20.4. The van der Waals surface area contributed by atoms with Crippen molar-refractivity contribution in [1.29, 1.82) is 0 Å². The van der Waals surface area contributed by atoms with Gasteiger partial charge in [-0.25, -0.2) is 8.42 Å². The van der Waals surface area contributed by atoms with Crippen molar-refractivity contribution in [3.05, 3.63) is 12.2 Å². The van der Waals surface area contributed by atoms with Gasteiger partial charge >= 0.3 is 0 Å². The van der Waals surface area contributed by atoms with Crippen LogP contribution in [0.5, 0.6) is 0 Å². The molecule has 1 aliphatic heterocycles. The van der Waals surface area contributed by atoms with Crippen LogP contribution in [0.3, 0.4) is 0 Å². The lowest BCUT2D eigenvalue weighted by molar-refractivity contribution is 0.335. The summed E-state index contributed by atoms with van der Waals surface area (Å²) >= 11 is 0. The molecule has 0 amide bonds. The summed E-state index contributed by atoms with van der Waals surface area (Å²) in [6.45, 7) is 2.29. The van der Waals surface area contributed by atoms with E-state index in [4.69, 9.17) is 0 Å². The molecule has 1 aliphatic carbocycles. The zero-order chi connectivity index (χ0) is 13.3. The Morgan fingerprint density at radius 1 is 1.37 bits per heavy atom. The molecule has 0 aromatic carbocycles. The second-order valence-corrected chi connectivity index (χ2v) is 7.26. The monoisotopic (exact) mass is 285 g/mol. The van der Waals surface area contributed by atoms with Crippen LogP contribution in [0.4, 0.5) is 0 Å². The summed E-state index contributed by atoms with van der Waals surface area (Å²) in [4.78, 5) is 0. The average molecular weight is 285 g/mol. The van der Waals surface area contributed by atoms with E-state index in [1.54, 1.807) is 6.33 Å². The molecule has 1 fully saturated rings. The maximum Gasteiger partial charge on any atom is 0.214 e. The van der Waals surface area contributed by atoms with Gasteiger partial charge in [0.25, 0.3) is 0 Å². The highest BCUT2D eigenvalue weighted by molar-refractivity contribution is 7.89. The first-order valence-corrected chi connectivity index (χ1v) is 8.34. The number of hydrogen-bond donors (Lipinski definition) is 1. The van der Waals surface area contributed by atoms with Gasteiger partial charge in [0.15, 0.2) is 0 Å². The lowest BCUT2D eigenvalue weighted by atomic mass is 10.4. The van der Waals surface area contributed by atoms with Gasteiger partial charge in [-0.1, -0.05) is 0 Å². The van der Waals surface area contributed by atoms with Gasteiger partial charge in [-0.2, -0.15) is 4.31 Å². The third kappa shape index (κ3) is 3.13. The summed E-state index contributed by atoms with van der Waals surface area (Å²) in [6.07, 6.45) is 4.78. The van der Waals surface area contributed by atoms with Crippen LogP contribution in [0.1, 0.15) is 25.1 Å². The summed E-state index contributed by atoms with van der Waals surface area (Å²) in [5.41, 5.74) is 0. The molecular formula is C11H19N5O2S. The molecule has 106 valence electrons. The van der Waals surface area contributed by atoms with Gasteiger partial charge < -0.3 is 9.88 Å². The quantitative estimate of drug-likeness (QED) is 0.717. The maximum absolute atomic E-state index is 12.2. The zero-order valence-corrected chi connectivity index (χ0v) is 11.6. The molecule has 2 heterocycles. The minimum absolute atomic E-state index is 0.209. The first-order chi connectivity index (χ1) is 9.15. The lowest BCUT2D eigenvalue weighted by Crippen LogP contribution is -2.40. The molecule has 0 spiro atoms. The minimum Gasteiger partial charge on any atom is -0.315 e. The molecule has 0 radical (unpaired) electrons. The number of nitrogens with one attached hydrogen (secondary N) is 1. The number of hydrogen-bond acceptors (Lipinski definition) is 5. The van der Waals surface area contributed by atoms with Crippen LogP contribution in [0, 0.1) is 0 Å². The van der Waals surface area contributed by atoms with E-state index >= 15 is 0 Å². The van der Waals surface area contributed by atoms with Crippen molar-refractivity contribution in [3.8, 4) is 0 Å². The average Bonchev–Trinajstić information content (AvgIpc) is 3.09. The van der Waals surface area contributed by atoms with Gasteiger partial charge in [0.1, 0.15) is 12.2 Å². The molecule has 1 saturated carbocycles. The molecule has 19 heavy (non-hydrogen) atoms. The zero-order valence-electron chi connectivity index (χ0n) is 10.8. The van der Waals surface area contributed by atoms with Gasteiger partial charge in [0, 0.05) is 19.1 Å². The molecule has 1 N–H and O–H groups in total. The second-order valence-electron chi connectivity index (χ2n) is 5.17. The van der Waals surface area contributed by atoms with Crippen LogP contribution in [0.15, 0.2) is 6.33 Å². The Balaban J connectivity index is 1.52. The predicted octanol–water partition coefficient (Wildman–Crippen LogP) is -0.434. The summed E-state index contributed by atoms with van der Waals surface area (Å²) in [7, 11) is -3.17. The Kier molecular flexibility index (Phi) is 3.55. The fourth-order valence-electron chi connectivity index (χ4n) is 2.26. The van der Waals surface area contributed by atoms with Gasteiger partial charge in [0.05, 0.1) is 12.3 Å². The molecule has 1 aromatic heterocycles. The summed E-state index contributed by atoms with van der Waals surface area (Å²) in [5.74, 6) is 0.937. The molecule has 8 heteroatoms. The van der Waals surface area contributed by atoms with Crippen molar-refractivity contribution in [3.63, 3.8) is 0 Å². The number of rotatable bonds is 6. The standard InChI is InChI=1S/C11H19N5O2S/c17-19(18,7-1-4-12-10-2-3-10)16-6-5-15-9-13-14-11(15)8-16/h9-10,12H,1-8H2. The van der Waals surface area contributed by atoms with Gasteiger partial charge in [-0.15, -0.1) is 10.2 Å². The summed E-state index contributed by atoms with van der Waals surface area (Å²) in [6, 6.07) is 0.635. The Labute approximate surface area is 113 Å². The van der Waals surface area contributed by atoms with E-state index in [2.05, 4.69) is 15.5 Å². The van der Waals surface area contributed by atoms with Gasteiger partial charge in [-0.3, -0.25) is 0 Å². The SMILES string of the molecule is O=S(=O)(CCCNC1CC1)N1CCn2cnnc2C1. The highest BCUT2D eigenvalue weighted by Gasteiger charge is 2.27. The maximum atomic E-state index is 12.2. The Bertz CT molecular complexity index is 537. The highest BCUT2D eigenvalue weighted by Crippen LogP contribution is 2.18. The third-order valence-corrected chi connectivity index (χ3v) is 5.49. The fourth-order valence-corrected chi connectivity index (χ4v) is 3.70. The molecule has 2 aliphatic rings. The van der Waals surface area contributed by atoms with Crippen molar-refractivity contribution < 1.29 is 8.42 Å². The van der Waals surface area contributed by atoms with Crippen molar-refractivity contribution in [2.45, 2.75) is 38.4 Å². The van der Waals surface area contributed by atoms with Crippen molar-refractivity contribution in [2.24, 2.45) is 0 Å². The predicted molar refractivity (Wildman–Crippen MR) is 69.9 cm³/mol. The first-order valence-electron chi connectivity index (χ1n) is 6.73. The molecule has 0 bridgehead atoms. The van der Waals surface area contributed by atoms with Crippen molar-refractivity contribution in [1.82, 2.24) is 24.4 Å². The van der Waals surface area contributed by atoms with Crippen molar-refractivity contribution in [2.75, 3.05) is 18.8 Å². The van der Waals surface area contributed by atoms with E-state index in [1.165, 1.54) is 17.1 Å². The largest absolute Gasteiger partial charge is 0.315 e. The van der Waals surface area contributed by atoms with Crippen LogP contribution in [0.25, 0.3) is 0 Å². The summed E-state index contributed by atoms with van der Waals surface area (Å²) < 4.78 is 27.9. The minimum atomic E-state index is -3.17. The Morgan fingerprint density at radius 2 is 2.21 bits per heavy atom. The number of nitrogens with zero attached hydrogens (tertiary/aromatic N) is 4. The molecule has 1 aromatic rings. The topological polar surface area (TPSA) is 80.1 Å².